The highest BCUT2D eigenvalue weighted by atomic mass is 16.3. The van der Waals surface area contributed by atoms with Gasteiger partial charge in [-0.05, 0) is 37.2 Å². The first-order valence-corrected chi connectivity index (χ1v) is 7.69. The molecule has 0 N–H and O–H groups in total. The summed E-state index contributed by atoms with van der Waals surface area (Å²) >= 11 is 0. The summed E-state index contributed by atoms with van der Waals surface area (Å²) in [5.41, 5.74) is 3.23. The van der Waals surface area contributed by atoms with Gasteiger partial charge < -0.3 is 4.42 Å². The van der Waals surface area contributed by atoms with Crippen molar-refractivity contribution < 1.29 is 8.53 Å². The number of fused-ring (bicyclic) bond motifs is 5. The number of para-hydroxylation sites is 1. The molecule has 2 aromatic carbocycles. The summed E-state index contributed by atoms with van der Waals surface area (Å²) in [5, 5.41) is 3.25. The smallest absolute Gasteiger partial charge is 0.144 e. The molecule has 0 amide bonds. The van der Waals surface area contributed by atoms with Gasteiger partial charge in [0.15, 0.2) is 0 Å². The van der Waals surface area contributed by atoms with E-state index in [1.165, 1.54) is 6.20 Å². The van der Waals surface area contributed by atoms with E-state index in [4.69, 9.17) is 8.53 Å². The zero-order chi connectivity index (χ0) is 18.6. The van der Waals surface area contributed by atoms with Crippen LogP contribution in [0.4, 0.5) is 0 Å². The van der Waals surface area contributed by atoms with Crippen LogP contribution in [0.25, 0.3) is 44.0 Å². The van der Waals surface area contributed by atoms with E-state index in [-0.39, 0.29) is 5.69 Å². The fourth-order valence-electron chi connectivity index (χ4n) is 3.23. The van der Waals surface area contributed by atoms with E-state index in [2.05, 4.69) is 9.97 Å². The Morgan fingerprint density at radius 3 is 2.50 bits per heavy atom. The zero-order valence-corrected chi connectivity index (χ0v) is 12.7. The molecule has 0 radical (unpaired) electrons. The lowest BCUT2D eigenvalue weighted by molar-refractivity contribution is 0.673. The van der Waals surface area contributed by atoms with Crippen molar-refractivity contribution in [3.05, 3.63) is 72.7 Å². The molecule has 0 fully saturated rings. The number of hydrogen-bond acceptors (Lipinski definition) is 3. The molecule has 3 aromatic heterocycles. The molecule has 3 nitrogen and oxygen atoms in total. The summed E-state index contributed by atoms with van der Waals surface area (Å²) in [6.07, 6.45) is 3.27. The second-order valence-electron chi connectivity index (χ2n) is 5.70. The average molecular weight is 313 g/mol. The lowest BCUT2D eigenvalue weighted by Gasteiger charge is -2.00. The highest BCUT2D eigenvalue weighted by molar-refractivity contribution is 6.17. The van der Waals surface area contributed by atoms with Crippen LogP contribution in [0, 0.1) is 6.85 Å². The average Bonchev–Trinajstić information content (AvgIpc) is 3.06. The first-order valence-electron chi connectivity index (χ1n) is 9.19. The first kappa shape index (κ1) is 10.6. The Hall–Kier alpha value is -3.20. The van der Waals surface area contributed by atoms with Crippen molar-refractivity contribution in [2.24, 2.45) is 0 Å². The Balaban J connectivity index is 1.89. The van der Waals surface area contributed by atoms with Crippen LogP contribution >= 0.6 is 0 Å². The van der Waals surface area contributed by atoms with Crippen molar-refractivity contribution in [2.45, 2.75) is 6.85 Å². The van der Waals surface area contributed by atoms with Gasteiger partial charge in [-0.15, -0.1) is 0 Å². The van der Waals surface area contributed by atoms with Crippen molar-refractivity contribution >= 4 is 32.7 Å². The van der Waals surface area contributed by atoms with Crippen LogP contribution in [0.3, 0.4) is 0 Å². The molecule has 0 saturated heterocycles. The summed E-state index contributed by atoms with van der Waals surface area (Å²) in [7, 11) is 0. The fraction of sp³-hybridized carbons (Fsp3) is 0.0476. The van der Waals surface area contributed by atoms with E-state index in [1.807, 2.05) is 48.5 Å². The molecule has 0 aliphatic rings. The Labute approximate surface area is 142 Å². The largest absolute Gasteiger partial charge is 0.455 e. The second-order valence-corrected chi connectivity index (χ2v) is 5.70. The summed E-state index contributed by atoms with van der Waals surface area (Å²) < 4.78 is 29.5. The fourth-order valence-corrected chi connectivity index (χ4v) is 3.23. The van der Waals surface area contributed by atoms with Crippen LogP contribution in [-0.4, -0.2) is 9.97 Å². The molecule has 0 aliphatic carbocycles. The Kier molecular flexibility index (Phi) is 2.15. The lowest BCUT2D eigenvalue weighted by atomic mass is 10.0. The molecule has 3 heteroatoms. The molecule has 0 aliphatic heterocycles. The number of rotatable bonds is 1. The number of nitrogens with zero attached hydrogens (tertiary/aromatic N) is 2. The lowest BCUT2D eigenvalue weighted by Crippen LogP contribution is -1.82. The molecule has 5 rings (SSSR count). The van der Waals surface area contributed by atoms with Gasteiger partial charge in [-0.2, -0.15) is 0 Å². The molecule has 114 valence electrons. The highest BCUT2D eigenvalue weighted by Gasteiger charge is 2.15. The van der Waals surface area contributed by atoms with Crippen LogP contribution in [0.1, 0.15) is 9.81 Å². The van der Waals surface area contributed by atoms with Crippen LogP contribution in [0.2, 0.25) is 0 Å². The minimum Gasteiger partial charge on any atom is -0.455 e. The van der Waals surface area contributed by atoms with Gasteiger partial charge in [0.2, 0.25) is 0 Å². The van der Waals surface area contributed by atoms with Gasteiger partial charge in [0.1, 0.15) is 11.2 Å². The summed E-state index contributed by atoms with van der Waals surface area (Å²) in [5.74, 6) is 0. The molecule has 0 spiro atoms. The predicted molar refractivity (Wildman–Crippen MR) is 97.0 cm³/mol. The number of hydrogen-bond donors (Lipinski definition) is 0. The Morgan fingerprint density at radius 2 is 1.62 bits per heavy atom. The van der Waals surface area contributed by atoms with E-state index in [9.17, 15) is 0 Å². The quantitative estimate of drug-likeness (QED) is 0.410. The minimum atomic E-state index is -2.28. The van der Waals surface area contributed by atoms with E-state index in [0.29, 0.717) is 11.0 Å². The summed E-state index contributed by atoms with van der Waals surface area (Å²) in [4.78, 5) is 8.52. The van der Waals surface area contributed by atoms with Crippen LogP contribution in [0.15, 0.2) is 71.4 Å². The van der Waals surface area contributed by atoms with Gasteiger partial charge in [0, 0.05) is 49.3 Å². The van der Waals surface area contributed by atoms with Gasteiger partial charge in [-0.25, -0.2) is 0 Å². The van der Waals surface area contributed by atoms with Gasteiger partial charge in [0.25, 0.3) is 0 Å². The van der Waals surface area contributed by atoms with E-state index in [1.54, 1.807) is 12.3 Å². The maximum atomic E-state index is 7.75. The van der Waals surface area contributed by atoms with Crippen molar-refractivity contribution in [1.82, 2.24) is 9.97 Å². The van der Waals surface area contributed by atoms with Crippen molar-refractivity contribution in [2.75, 3.05) is 0 Å². The topological polar surface area (TPSA) is 38.9 Å². The maximum absolute atomic E-state index is 7.75. The van der Waals surface area contributed by atoms with Gasteiger partial charge in [-0.1, -0.05) is 24.3 Å². The number of pyridine rings is 2. The van der Waals surface area contributed by atoms with Gasteiger partial charge >= 0.3 is 0 Å². The second kappa shape index (κ2) is 4.90. The Morgan fingerprint density at radius 1 is 0.750 bits per heavy atom. The van der Waals surface area contributed by atoms with Gasteiger partial charge in [0.05, 0.1) is 5.69 Å². The van der Waals surface area contributed by atoms with Crippen molar-refractivity contribution in [3.63, 3.8) is 0 Å². The molecule has 0 unspecified atom stereocenters. The third kappa shape index (κ3) is 1.78. The summed E-state index contributed by atoms with van der Waals surface area (Å²) in [6, 6.07) is 17.2. The number of furan rings is 1. The molecular weight excluding hydrogens is 296 g/mol. The number of benzene rings is 2. The molecule has 24 heavy (non-hydrogen) atoms. The normalized spacial score (nSPS) is 13.9. The molecule has 0 bridgehead atoms. The number of aromatic nitrogens is 2. The predicted octanol–water partition coefficient (Wildman–Crippen LogP) is 5.50. The van der Waals surface area contributed by atoms with Crippen LogP contribution in [0.5, 0.6) is 0 Å². The van der Waals surface area contributed by atoms with Crippen molar-refractivity contribution in [3.8, 4) is 11.3 Å². The summed E-state index contributed by atoms with van der Waals surface area (Å²) in [6.45, 7) is -2.28. The van der Waals surface area contributed by atoms with E-state index < -0.39 is 6.85 Å². The van der Waals surface area contributed by atoms with E-state index in [0.717, 1.165) is 33.0 Å². The zero-order valence-electron chi connectivity index (χ0n) is 15.7. The molecular formula is C21H14N2O. The SMILES string of the molecule is [2H]C([2H])([2H])c1nccc2c1ccc1c3cccc(-c4ccccn4)c3oc21. The molecule has 5 aromatic rings. The van der Waals surface area contributed by atoms with Crippen LogP contribution < -0.4 is 0 Å². The van der Waals surface area contributed by atoms with Crippen LogP contribution in [-0.2, 0) is 0 Å². The third-order valence-electron chi connectivity index (χ3n) is 4.35. The molecule has 0 saturated carbocycles. The van der Waals surface area contributed by atoms with E-state index >= 15 is 0 Å². The van der Waals surface area contributed by atoms with Gasteiger partial charge in [-0.3, -0.25) is 9.97 Å². The highest BCUT2D eigenvalue weighted by Crippen LogP contribution is 2.38. The first-order chi connectivity index (χ1) is 13.0. The monoisotopic (exact) mass is 313 g/mol. The van der Waals surface area contributed by atoms with Crippen molar-refractivity contribution in [1.29, 1.82) is 0 Å². The maximum Gasteiger partial charge on any atom is 0.144 e. The third-order valence-corrected chi connectivity index (χ3v) is 4.35. The Bertz CT molecular complexity index is 1310. The molecule has 0 atom stereocenters. The number of aryl methyl sites for hydroxylation is 1. The minimum absolute atomic E-state index is 0.0901. The standard InChI is InChI=1S/C21H14N2O/c1-13-14-8-9-16-15-5-4-6-18(19-7-2-3-11-23-19)21(15)24-20(16)17(14)10-12-22-13/h2-12H,1H3/i1D3. The molecule has 3 heterocycles.